The fraction of sp³-hybridized carbons (Fsp3) is 0.250. The fourth-order valence-corrected chi connectivity index (χ4v) is 5.56. The predicted octanol–water partition coefficient (Wildman–Crippen LogP) is 4.17. The Morgan fingerprint density at radius 2 is 1.76 bits per heavy atom. The average molecular weight is 407 g/mol. The number of anilines is 1. The summed E-state index contributed by atoms with van der Waals surface area (Å²) in [5.74, 6) is -0.175. The number of halogens is 1. The second kappa shape index (κ2) is 7.65. The first kappa shape index (κ1) is 18.4. The zero-order valence-corrected chi connectivity index (χ0v) is 17.3. The molecule has 2 N–H and O–H groups in total. The van der Waals surface area contributed by atoms with Gasteiger partial charge in [-0.2, -0.15) is 0 Å². The smallest absolute Gasteiger partial charge is 0.151 e. The lowest BCUT2D eigenvalue weighted by Gasteiger charge is -2.37. The molecule has 3 nitrogen and oxygen atoms in total. The highest BCUT2D eigenvalue weighted by Gasteiger charge is 2.33. The van der Waals surface area contributed by atoms with E-state index in [1.165, 1.54) is 27.0 Å². The first-order chi connectivity index (χ1) is 14.2. The molecule has 0 amide bonds. The normalized spacial score (nSPS) is 16.4. The van der Waals surface area contributed by atoms with Gasteiger partial charge in [-0.3, -0.25) is 0 Å². The number of quaternary nitrogens is 1. The molecule has 1 fully saturated rings. The van der Waals surface area contributed by atoms with Crippen molar-refractivity contribution in [3.05, 3.63) is 88.0 Å². The number of benzene rings is 2. The van der Waals surface area contributed by atoms with Crippen molar-refractivity contribution in [2.24, 2.45) is 0 Å². The van der Waals surface area contributed by atoms with E-state index in [0.29, 0.717) is 6.04 Å². The molecule has 2 aromatic heterocycles. The topological polar surface area (TPSA) is 23.5 Å². The zero-order chi connectivity index (χ0) is 19.8. The molecule has 0 aliphatic carbocycles. The van der Waals surface area contributed by atoms with E-state index in [-0.39, 0.29) is 5.82 Å². The minimum absolute atomic E-state index is 0.175. The minimum atomic E-state index is -0.175. The predicted molar refractivity (Wildman–Crippen MR) is 119 cm³/mol. The van der Waals surface area contributed by atoms with E-state index in [0.717, 1.165) is 31.9 Å². The van der Waals surface area contributed by atoms with Gasteiger partial charge in [-0.05, 0) is 48.7 Å². The number of hydrogen-bond donors (Lipinski definition) is 2. The molecule has 1 aliphatic rings. The molecule has 1 aliphatic heterocycles. The Hall–Kier alpha value is -2.63. The SMILES string of the molecule is Cc1[nH]c2ccccc2c1C(c1cccs1)[NH+]1CCN(c2ccc(F)cc2)CC1. The molecule has 5 rings (SSSR count). The molecule has 0 bridgehead atoms. The summed E-state index contributed by atoms with van der Waals surface area (Å²) >= 11 is 1.85. The molecule has 2 aromatic carbocycles. The average Bonchev–Trinajstić information content (AvgIpc) is 3.38. The minimum Gasteiger partial charge on any atom is -0.360 e. The summed E-state index contributed by atoms with van der Waals surface area (Å²) in [6.07, 6.45) is 0. The quantitative estimate of drug-likeness (QED) is 0.522. The third-order valence-electron chi connectivity index (χ3n) is 6.07. The van der Waals surface area contributed by atoms with Crippen molar-refractivity contribution in [1.29, 1.82) is 0 Å². The largest absolute Gasteiger partial charge is 0.360 e. The van der Waals surface area contributed by atoms with E-state index < -0.39 is 0 Å². The number of aromatic amines is 1. The standard InChI is InChI=1S/C24H24FN3S/c1-17-23(20-5-2-3-6-21(20)26-17)24(22-7-4-16-29-22)28-14-12-27(13-15-28)19-10-8-18(25)9-11-19/h2-11,16,24,26H,12-15H2,1H3/p+1. The molecule has 3 heterocycles. The van der Waals surface area contributed by atoms with Crippen molar-refractivity contribution >= 4 is 27.9 Å². The Labute approximate surface area is 174 Å². The molecular weight excluding hydrogens is 381 g/mol. The zero-order valence-electron chi connectivity index (χ0n) is 16.5. The number of piperazine rings is 1. The fourth-order valence-electron chi connectivity index (χ4n) is 4.67. The van der Waals surface area contributed by atoms with Crippen molar-refractivity contribution in [2.75, 3.05) is 31.1 Å². The summed E-state index contributed by atoms with van der Waals surface area (Å²) in [4.78, 5) is 8.98. The molecule has 1 atom stereocenters. The van der Waals surface area contributed by atoms with Crippen molar-refractivity contribution < 1.29 is 9.29 Å². The van der Waals surface area contributed by atoms with Gasteiger partial charge in [0.05, 0.1) is 31.1 Å². The van der Waals surface area contributed by atoms with Crippen LogP contribution in [0.1, 0.15) is 22.2 Å². The Morgan fingerprint density at radius 1 is 1.00 bits per heavy atom. The molecule has 1 saturated heterocycles. The lowest BCUT2D eigenvalue weighted by Crippen LogP contribution is -3.15. The number of H-pyrrole nitrogens is 1. The maximum absolute atomic E-state index is 13.3. The van der Waals surface area contributed by atoms with E-state index >= 15 is 0 Å². The summed E-state index contributed by atoms with van der Waals surface area (Å²) in [6.45, 7) is 6.26. The molecule has 0 spiro atoms. The summed E-state index contributed by atoms with van der Waals surface area (Å²) in [7, 11) is 0. The van der Waals surface area contributed by atoms with Crippen LogP contribution in [0.5, 0.6) is 0 Å². The van der Waals surface area contributed by atoms with Gasteiger partial charge in [0.15, 0.2) is 6.04 Å². The highest BCUT2D eigenvalue weighted by molar-refractivity contribution is 7.10. The lowest BCUT2D eigenvalue weighted by molar-refractivity contribution is -0.925. The van der Waals surface area contributed by atoms with Gasteiger partial charge in [-0.15, -0.1) is 11.3 Å². The van der Waals surface area contributed by atoms with Gasteiger partial charge >= 0.3 is 0 Å². The Balaban J connectivity index is 1.46. The molecule has 0 radical (unpaired) electrons. The number of hydrogen-bond acceptors (Lipinski definition) is 2. The van der Waals surface area contributed by atoms with E-state index in [9.17, 15) is 4.39 Å². The Bertz CT molecular complexity index is 1090. The second-order valence-electron chi connectivity index (χ2n) is 7.78. The lowest BCUT2D eigenvalue weighted by atomic mass is 9.99. The van der Waals surface area contributed by atoms with Gasteiger partial charge in [0.1, 0.15) is 5.82 Å². The summed E-state index contributed by atoms with van der Waals surface area (Å²) in [6, 6.07) is 20.3. The molecule has 148 valence electrons. The van der Waals surface area contributed by atoms with E-state index in [1.54, 1.807) is 17.0 Å². The van der Waals surface area contributed by atoms with Gasteiger partial charge < -0.3 is 14.8 Å². The third-order valence-corrected chi connectivity index (χ3v) is 7.00. The first-order valence-corrected chi connectivity index (χ1v) is 11.0. The van der Waals surface area contributed by atoms with E-state index in [2.05, 4.69) is 58.6 Å². The van der Waals surface area contributed by atoms with Crippen LogP contribution in [-0.4, -0.2) is 31.2 Å². The van der Waals surface area contributed by atoms with Gasteiger partial charge in [-0.1, -0.05) is 24.3 Å². The third kappa shape index (κ3) is 3.45. The Kier molecular flexibility index (Phi) is 4.86. The monoisotopic (exact) mass is 406 g/mol. The highest BCUT2D eigenvalue weighted by atomic mass is 32.1. The van der Waals surface area contributed by atoms with Crippen LogP contribution in [0.4, 0.5) is 10.1 Å². The molecule has 29 heavy (non-hydrogen) atoms. The van der Waals surface area contributed by atoms with Crippen LogP contribution < -0.4 is 9.80 Å². The number of nitrogens with zero attached hydrogens (tertiary/aromatic N) is 1. The van der Waals surface area contributed by atoms with Crippen LogP contribution in [0.2, 0.25) is 0 Å². The molecule has 5 heteroatoms. The van der Waals surface area contributed by atoms with E-state index in [1.807, 2.05) is 23.5 Å². The number of nitrogens with one attached hydrogen (secondary N) is 2. The number of fused-ring (bicyclic) bond motifs is 1. The van der Waals surface area contributed by atoms with Crippen molar-refractivity contribution in [3.63, 3.8) is 0 Å². The number of rotatable bonds is 4. The van der Waals surface area contributed by atoms with Gasteiger partial charge in [-0.25, -0.2) is 4.39 Å². The van der Waals surface area contributed by atoms with Crippen molar-refractivity contribution in [1.82, 2.24) is 4.98 Å². The van der Waals surface area contributed by atoms with Crippen LogP contribution in [0.3, 0.4) is 0 Å². The van der Waals surface area contributed by atoms with Gasteiger partial charge in [0.25, 0.3) is 0 Å². The molecule has 0 saturated carbocycles. The van der Waals surface area contributed by atoms with Crippen molar-refractivity contribution in [3.8, 4) is 0 Å². The molecule has 4 aromatic rings. The summed E-state index contributed by atoms with van der Waals surface area (Å²) < 4.78 is 13.3. The van der Waals surface area contributed by atoms with Gasteiger partial charge in [0, 0.05) is 27.8 Å². The van der Waals surface area contributed by atoms with Crippen LogP contribution >= 0.6 is 11.3 Å². The number of para-hydroxylation sites is 1. The number of aromatic nitrogens is 1. The van der Waals surface area contributed by atoms with Gasteiger partial charge in [0.2, 0.25) is 0 Å². The van der Waals surface area contributed by atoms with Crippen LogP contribution in [0.25, 0.3) is 10.9 Å². The van der Waals surface area contributed by atoms with Crippen LogP contribution in [-0.2, 0) is 0 Å². The van der Waals surface area contributed by atoms with Crippen LogP contribution in [0, 0.1) is 12.7 Å². The van der Waals surface area contributed by atoms with Crippen LogP contribution in [0.15, 0.2) is 66.0 Å². The maximum atomic E-state index is 13.3. The Morgan fingerprint density at radius 3 is 2.48 bits per heavy atom. The number of thiophene rings is 1. The molecule has 1 unspecified atom stereocenters. The summed E-state index contributed by atoms with van der Waals surface area (Å²) in [5.41, 5.74) is 5.01. The maximum Gasteiger partial charge on any atom is 0.151 e. The number of aryl methyl sites for hydroxylation is 1. The van der Waals surface area contributed by atoms with E-state index in [4.69, 9.17) is 0 Å². The highest BCUT2D eigenvalue weighted by Crippen LogP contribution is 2.32. The second-order valence-corrected chi connectivity index (χ2v) is 8.76. The summed E-state index contributed by atoms with van der Waals surface area (Å²) in [5, 5.41) is 3.51. The van der Waals surface area contributed by atoms with Crippen molar-refractivity contribution in [2.45, 2.75) is 13.0 Å². The first-order valence-electron chi connectivity index (χ1n) is 10.2. The molecular formula is C24H25FN3S+.